The molecule has 144 valence electrons. The van der Waals surface area contributed by atoms with Gasteiger partial charge in [-0.25, -0.2) is 4.68 Å². The van der Waals surface area contributed by atoms with Crippen molar-refractivity contribution in [3.05, 3.63) is 47.7 Å². The number of hydrogen-bond acceptors (Lipinski definition) is 4. The van der Waals surface area contributed by atoms with E-state index in [1.165, 1.54) is 0 Å². The number of benzene rings is 1. The highest BCUT2D eigenvalue weighted by Crippen LogP contribution is 2.18. The first-order valence-corrected chi connectivity index (χ1v) is 9.35. The summed E-state index contributed by atoms with van der Waals surface area (Å²) in [6.07, 6.45) is 2.66. The highest BCUT2D eigenvalue weighted by Gasteiger charge is 2.27. The molecule has 2 amide bonds. The summed E-state index contributed by atoms with van der Waals surface area (Å²) < 4.78 is 1.75. The molecule has 0 saturated carbocycles. The summed E-state index contributed by atoms with van der Waals surface area (Å²) in [5, 5.41) is 7.09. The molecule has 7 nitrogen and oxygen atoms in total. The smallest absolute Gasteiger partial charge is 0.256 e. The Kier molecular flexibility index (Phi) is 5.91. The van der Waals surface area contributed by atoms with E-state index in [0.29, 0.717) is 17.9 Å². The number of likely N-dealkylation sites (tertiary alicyclic amines) is 1. The third kappa shape index (κ3) is 4.54. The number of aryl methyl sites for hydroxylation is 1. The van der Waals surface area contributed by atoms with E-state index in [9.17, 15) is 9.59 Å². The number of carbonyl (C=O) groups is 2. The maximum Gasteiger partial charge on any atom is 0.256 e. The average molecular weight is 369 g/mol. The van der Waals surface area contributed by atoms with Gasteiger partial charge in [0.1, 0.15) is 5.82 Å². The summed E-state index contributed by atoms with van der Waals surface area (Å²) in [7, 11) is 1.86. The number of amides is 2. The van der Waals surface area contributed by atoms with E-state index in [0.717, 1.165) is 31.6 Å². The minimum atomic E-state index is -0.136. The molecule has 2 heterocycles. The quantitative estimate of drug-likeness (QED) is 0.848. The lowest BCUT2D eigenvalue weighted by Crippen LogP contribution is -2.37. The molecule has 1 aliphatic heterocycles. The summed E-state index contributed by atoms with van der Waals surface area (Å²) in [5.41, 5.74) is 1.73. The molecular weight excluding hydrogens is 342 g/mol. The Labute approximate surface area is 159 Å². The average Bonchev–Trinajstić information content (AvgIpc) is 3.30. The van der Waals surface area contributed by atoms with Gasteiger partial charge in [0.25, 0.3) is 5.91 Å². The maximum atomic E-state index is 12.6. The first kappa shape index (κ1) is 19.1. The van der Waals surface area contributed by atoms with Crippen molar-refractivity contribution in [2.24, 2.45) is 0 Å². The predicted molar refractivity (Wildman–Crippen MR) is 104 cm³/mol. The summed E-state index contributed by atoms with van der Waals surface area (Å²) in [4.78, 5) is 28.3. The SMILES string of the molecule is CCn1nccc1NC(=O)c1cccc(CN2CC[C@@H](N(C)C(C)=O)C2)c1. The molecular formula is C20H27N5O2. The third-order valence-corrected chi connectivity index (χ3v) is 5.14. The molecule has 1 aliphatic rings. The zero-order chi connectivity index (χ0) is 19.4. The van der Waals surface area contributed by atoms with Gasteiger partial charge in [0, 0.05) is 57.8 Å². The zero-order valence-corrected chi connectivity index (χ0v) is 16.2. The third-order valence-electron chi connectivity index (χ3n) is 5.14. The van der Waals surface area contributed by atoms with E-state index < -0.39 is 0 Å². The van der Waals surface area contributed by atoms with Gasteiger partial charge >= 0.3 is 0 Å². The number of aromatic nitrogens is 2. The largest absolute Gasteiger partial charge is 0.342 e. The molecule has 0 bridgehead atoms. The van der Waals surface area contributed by atoms with Crippen molar-refractivity contribution in [2.75, 3.05) is 25.5 Å². The van der Waals surface area contributed by atoms with Crippen LogP contribution in [0.5, 0.6) is 0 Å². The molecule has 0 unspecified atom stereocenters. The molecule has 1 aromatic carbocycles. The van der Waals surface area contributed by atoms with Crippen molar-refractivity contribution in [1.82, 2.24) is 19.6 Å². The van der Waals surface area contributed by atoms with E-state index in [4.69, 9.17) is 0 Å². The van der Waals surface area contributed by atoms with Crippen molar-refractivity contribution in [3.63, 3.8) is 0 Å². The number of rotatable bonds is 6. The van der Waals surface area contributed by atoms with Crippen LogP contribution in [0.15, 0.2) is 36.5 Å². The minimum Gasteiger partial charge on any atom is -0.342 e. The molecule has 0 aliphatic carbocycles. The van der Waals surface area contributed by atoms with E-state index in [1.807, 2.05) is 43.1 Å². The Morgan fingerprint density at radius 1 is 1.33 bits per heavy atom. The van der Waals surface area contributed by atoms with Crippen molar-refractivity contribution < 1.29 is 9.59 Å². The van der Waals surface area contributed by atoms with Gasteiger partial charge in [-0.15, -0.1) is 0 Å². The van der Waals surface area contributed by atoms with Gasteiger partial charge < -0.3 is 10.2 Å². The van der Waals surface area contributed by atoms with Gasteiger partial charge in [0.15, 0.2) is 0 Å². The van der Waals surface area contributed by atoms with Crippen LogP contribution in [0.25, 0.3) is 0 Å². The zero-order valence-electron chi connectivity index (χ0n) is 16.2. The summed E-state index contributed by atoms with van der Waals surface area (Å²) in [6.45, 7) is 6.88. The Morgan fingerprint density at radius 2 is 2.15 bits per heavy atom. The van der Waals surface area contributed by atoms with Crippen LogP contribution in [0, 0.1) is 0 Å². The molecule has 3 rings (SSSR count). The van der Waals surface area contributed by atoms with E-state index in [-0.39, 0.29) is 17.9 Å². The Bertz CT molecular complexity index is 816. The van der Waals surface area contributed by atoms with E-state index in [2.05, 4.69) is 15.3 Å². The molecule has 2 aromatic rings. The standard InChI is InChI=1S/C20H27N5O2/c1-4-25-19(8-10-21-25)22-20(27)17-7-5-6-16(12-17)13-24-11-9-18(14-24)23(3)15(2)26/h5-8,10,12,18H,4,9,11,13-14H2,1-3H3,(H,22,27)/t18-/m1/s1. The lowest BCUT2D eigenvalue weighted by atomic mass is 10.1. The molecule has 1 fully saturated rings. The predicted octanol–water partition coefficient (Wildman–Crippen LogP) is 2.21. The molecule has 0 spiro atoms. The number of nitrogens with zero attached hydrogens (tertiary/aromatic N) is 4. The van der Waals surface area contributed by atoms with E-state index in [1.54, 1.807) is 23.9 Å². The van der Waals surface area contributed by atoms with Crippen LogP contribution in [-0.2, 0) is 17.9 Å². The second kappa shape index (κ2) is 8.35. The minimum absolute atomic E-state index is 0.104. The normalized spacial score (nSPS) is 17.1. The monoisotopic (exact) mass is 369 g/mol. The fraction of sp³-hybridized carbons (Fsp3) is 0.450. The van der Waals surface area contributed by atoms with Crippen molar-refractivity contribution >= 4 is 17.6 Å². The van der Waals surface area contributed by atoms with E-state index >= 15 is 0 Å². The second-order valence-electron chi connectivity index (χ2n) is 6.99. The Morgan fingerprint density at radius 3 is 2.89 bits per heavy atom. The highest BCUT2D eigenvalue weighted by atomic mass is 16.2. The number of hydrogen-bond donors (Lipinski definition) is 1. The van der Waals surface area contributed by atoms with Gasteiger partial charge in [0.2, 0.25) is 5.91 Å². The topological polar surface area (TPSA) is 70.5 Å². The fourth-order valence-corrected chi connectivity index (χ4v) is 3.48. The van der Waals surface area contributed by atoms with Crippen LogP contribution in [0.3, 0.4) is 0 Å². The second-order valence-corrected chi connectivity index (χ2v) is 6.99. The number of likely N-dealkylation sites (N-methyl/N-ethyl adjacent to an activating group) is 1. The Hall–Kier alpha value is -2.67. The van der Waals surface area contributed by atoms with Crippen LogP contribution < -0.4 is 5.32 Å². The molecule has 7 heteroatoms. The number of nitrogens with one attached hydrogen (secondary N) is 1. The van der Waals surface area contributed by atoms with Crippen LogP contribution in [0.4, 0.5) is 5.82 Å². The molecule has 1 N–H and O–H groups in total. The maximum absolute atomic E-state index is 12.6. The Balaban J connectivity index is 1.62. The summed E-state index contributed by atoms with van der Waals surface area (Å²) >= 11 is 0. The fourth-order valence-electron chi connectivity index (χ4n) is 3.48. The molecule has 1 atom stereocenters. The highest BCUT2D eigenvalue weighted by molar-refractivity contribution is 6.03. The van der Waals surface area contributed by atoms with Crippen LogP contribution in [-0.4, -0.2) is 57.6 Å². The van der Waals surface area contributed by atoms with Crippen molar-refractivity contribution in [1.29, 1.82) is 0 Å². The van der Waals surface area contributed by atoms with Crippen molar-refractivity contribution in [2.45, 2.75) is 39.4 Å². The molecule has 0 radical (unpaired) electrons. The summed E-state index contributed by atoms with van der Waals surface area (Å²) in [6, 6.07) is 9.77. The summed E-state index contributed by atoms with van der Waals surface area (Å²) in [5.74, 6) is 0.664. The van der Waals surface area contributed by atoms with Gasteiger partial charge in [0.05, 0.1) is 6.20 Å². The van der Waals surface area contributed by atoms with Crippen LogP contribution >= 0.6 is 0 Å². The lowest BCUT2D eigenvalue weighted by Gasteiger charge is -2.23. The molecule has 27 heavy (non-hydrogen) atoms. The lowest BCUT2D eigenvalue weighted by molar-refractivity contribution is -0.129. The van der Waals surface area contributed by atoms with Crippen LogP contribution in [0.1, 0.15) is 36.2 Å². The molecule has 1 saturated heterocycles. The van der Waals surface area contributed by atoms with Crippen molar-refractivity contribution in [3.8, 4) is 0 Å². The van der Waals surface area contributed by atoms with Crippen LogP contribution in [0.2, 0.25) is 0 Å². The first-order chi connectivity index (χ1) is 13.0. The van der Waals surface area contributed by atoms with Gasteiger partial charge in [-0.2, -0.15) is 5.10 Å². The molecule has 1 aromatic heterocycles. The van der Waals surface area contributed by atoms with Gasteiger partial charge in [-0.3, -0.25) is 14.5 Å². The number of anilines is 1. The number of carbonyl (C=O) groups excluding carboxylic acids is 2. The van der Waals surface area contributed by atoms with Gasteiger partial charge in [-0.1, -0.05) is 12.1 Å². The van der Waals surface area contributed by atoms with Gasteiger partial charge in [-0.05, 0) is 31.0 Å². The first-order valence-electron chi connectivity index (χ1n) is 9.35.